The van der Waals surface area contributed by atoms with E-state index in [4.69, 9.17) is 11.6 Å². The summed E-state index contributed by atoms with van der Waals surface area (Å²) in [5, 5.41) is 22.3. The fraction of sp³-hybridized carbons (Fsp3) is 0.368. The van der Waals surface area contributed by atoms with Gasteiger partial charge in [0, 0.05) is 65.5 Å². The van der Waals surface area contributed by atoms with Crippen LogP contribution in [0.1, 0.15) is 65.8 Å². The molecule has 3 fully saturated rings. The normalized spacial score (nSPS) is 17.3. The maximum Gasteiger partial charge on any atom is 0.338 e. The second kappa shape index (κ2) is 12.5. The first-order valence-electron chi connectivity index (χ1n) is 16.8. The van der Waals surface area contributed by atoms with Crippen LogP contribution in [0.15, 0.2) is 46.8 Å². The number of pyridine rings is 2. The average Bonchev–Trinajstić information content (AvgIpc) is 3.79. The van der Waals surface area contributed by atoms with Crippen LogP contribution in [0.25, 0.3) is 32.2 Å². The number of carboxylic acids is 1. The molecule has 2 saturated carbocycles. The van der Waals surface area contributed by atoms with Crippen molar-refractivity contribution in [3.8, 4) is 29.0 Å². The number of thiophene rings is 1. The molecular weight excluding hydrogens is 670 g/mol. The topological polar surface area (TPSA) is 128 Å². The van der Waals surface area contributed by atoms with Crippen molar-refractivity contribution in [2.45, 2.75) is 64.1 Å². The number of carboxylic acid groups (broad SMARTS) is 1. The van der Waals surface area contributed by atoms with Gasteiger partial charge in [-0.05, 0) is 75.1 Å². The van der Waals surface area contributed by atoms with Crippen LogP contribution in [0, 0.1) is 35.5 Å². The number of aromatic carboxylic acids is 1. The number of rotatable bonds is 6. The van der Waals surface area contributed by atoms with Crippen molar-refractivity contribution in [1.29, 1.82) is 5.26 Å². The Bertz CT molecular complexity index is 2370. The van der Waals surface area contributed by atoms with Gasteiger partial charge >= 0.3 is 5.97 Å². The molecule has 50 heavy (non-hydrogen) atoms. The van der Waals surface area contributed by atoms with Crippen LogP contribution < -0.4 is 10.5 Å². The van der Waals surface area contributed by atoms with Crippen molar-refractivity contribution in [2.75, 3.05) is 25.0 Å². The minimum atomic E-state index is -1.04. The van der Waals surface area contributed by atoms with Crippen molar-refractivity contribution in [1.82, 2.24) is 24.4 Å². The lowest BCUT2D eigenvalue weighted by molar-refractivity contribution is 0.0457. The van der Waals surface area contributed by atoms with Crippen LogP contribution in [0.4, 0.5) is 5.82 Å². The number of carbonyl (C=O) groups is 1. The van der Waals surface area contributed by atoms with E-state index in [9.17, 15) is 20.0 Å². The Labute approximate surface area is 298 Å². The van der Waals surface area contributed by atoms with E-state index in [0.717, 1.165) is 47.8 Å². The largest absolute Gasteiger partial charge is 0.478 e. The number of aromatic nitrogens is 4. The van der Waals surface area contributed by atoms with E-state index in [1.807, 2.05) is 13.1 Å². The molecule has 12 heteroatoms. The molecule has 5 aromatic rings. The highest BCUT2D eigenvalue weighted by atomic mass is 35.5. The van der Waals surface area contributed by atoms with Gasteiger partial charge in [-0.15, -0.1) is 11.3 Å². The molecule has 4 aromatic heterocycles. The van der Waals surface area contributed by atoms with Gasteiger partial charge < -0.3 is 14.9 Å². The van der Waals surface area contributed by atoms with Crippen molar-refractivity contribution in [3.05, 3.63) is 79.9 Å². The molecule has 0 atom stereocenters. The second-order valence-corrected chi connectivity index (χ2v) is 15.1. The maximum atomic E-state index is 14.1. The predicted molar refractivity (Wildman–Crippen MR) is 195 cm³/mol. The van der Waals surface area contributed by atoms with Gasteiger partial charge in [-0.1, -0.05) is 23.4 Å². The number of nitrogens with zero attached hydrogens (tertiary/aromatic N) is 7. The number of halogens is 1. The average molecular weight is 704 g/mol. The summed E-state index contributed by atoms with van der Waals surface area (Å²) in [6, 6.07) is 10.4. The molecule has 0 amide bonds. The molecule has 1 aromatic carbocycles. The molecule has 2 aliphatic carbocycles. The van der Waals surface area contributed by atoms with Crippen LogP contribution in [0.2, 0.25) is 5.02 Å². The van der Waals surface area contributed by atoms with Gasteiger partial charge in [-0.25, -0.2) is 14.8 Å². The molecule has 10 nitrogen and oxygen atoms in total. The summed E-state index contributed by atoms with van der Waals surface area (Å²) < 4.78 is 2.21. The molecule has 3 aliphatic rings. The summed E-state index contributed by atoms with van der Waals surface area (Å²) >= 11 is 7.71. The van der Waals surface area contributed by atoms with Gasteiger partial charge in [0.05, 0.1) is 39.4 Å². The van der Waals surface area contributed by atoms with E-state index in [1.165, 1.54) is 41.6 Å². The zero-order valence-corrected chi connectivity index (χ0v) is 29.3. The monoisotopic (exact) mass is 703 g/mol. The number of hydrogen-bond donors (Lipinski definition) is 1. The van der Waals surface area contributed by atoms with Gasteiger partial charge in [0.1, 0.15) is 23.3 Å². The number of piperidine rings is 1. The number of benzene rings is 1. The molecular formula is C38H34ClN7O3S. The van der Waals surface area contributed by atoms with Crippen LogP contribution in [0.3, 0.4) is 0 Å². The number of aryl methyl sites for hydroxylation is 1. The summed E-state index contributed by atoms with van der Waals surface area (Å²) in [5.41, 5.74) is 3.67. The Kier molecular flexibility index (Phi) is 8.10. The number of likely N-dealkylation sites (tertiary alicyclic amines) is 1. The molecule has 1 aliphatic heterocycles. The number of fused-ring (bicyclic) bond motifs is 2. The maximum absolute atomic E-state index is 14.1. The van der Waals surface area contributed by atoms with Crippen molar-refractivity contribution in [3.63, 3.8) is 0 Å². The molecule has 8 rings (SSSR count). The second-order valence-electron chi connectivity index (χ2n) is 13.8. The lowest BCUT2D eigenvalue weighted by Gasteiger charge is -2.47. The molecule has 252 valence electrons. The highest BCUT2D eigenvalue weighted by Crippen LogP contribution is 2.62. The van der Waals surface area contributed by atoms with E-state index in [2.05, 4.69) is 42.7 Å². The third kappa shape index (κ3) is 5.60. The van der Waals surface area contributed by atoms with Crippen molar-refractivity contribution in [2.24, 2.45) is 5.41 Å². The third-order valence-corrected chi connectivity index (χ3v) is 12.1. The zero-order valence-electron chi connectivity index (χ0n) is 27.7. The Morgan fingerprint density at radius 3 is 2.68 bits per heavy atom. The Balaban J connectivity index is 1.08. The molecule has 5 heterocycles. The van der Waals surface area contributed by atoms with Gasteiger partial charge in [-0.2, -0.15) is 5.26 Å². The summed E-state index contributed by atoms with van der Waals surface area (Å²) in [7, 11) is 1.97. The first-order chi connectivity index (χ1) is 24.2. The fourth-order valence-electron chi connectivity index (χ4n) is 7.82. The van der Waals surface area contributed by atoms with Crippen LogP contribution >= 0.6 is 22.9 Å². The van der Waals surface area contributed by atoms with Crippen LogP contribution in [-0.4, -0.2) is 67.7 Å². The highest BCUT2D eigenvalue weighted by molar-refractivity contribution is 7.18. The van der Waals surface area contributed by atoms with Gasteiger partial charge in [0.15, 0.2) is 0 Å². The van der Waals surface area contributed by atoms with Crippen LogP contribution in [-0.2, 0) is 6.54 Å². The lowest BCUT2D eigenvalue weighted by Crippen LogP contribution is -2.52. The van der Waals surface area contributed by atoms with E-state index in [1.54, 1.807) is 42.9 Å². The molecule has 1 spiro atoms. The standard InChI is InChI=1S/C38H34ClN7O3S/c1-22-43-31-20-42-35(44(2)25-8-14-45(15-9-25)26-17-38(18-26)10-11-38)29(19-40)32(31)36(47)46(22)13-3-4-23-5-6-24(39)16-28(23)27-7-12-41-33-30(37(48)49)21-50-34(27)33/h5-7,12,16,20-21,25-26H,8-11,13-15,17-18H2,1-2H3,(H,48,49). The lowest BCUT2D eigenvalue weighted by atomic mass is 9.75. The molecule has 0 bridgehead atoms. The van der Waals surface area contributed by atoms with E-state index < -0.39 is 5.97 Å². The summed E-state index contributed by atoms with van der Waals surface area (Å²) in [6.45, 7) is 3.86. The van der Waals surface area contributed by atoms with Gasteiger partial charge in [0.2, 0.25) is 0 Å². The summed E-state index contributed by atoms with van der Waals surface area (Å²) in [4.78, 5) is 44.1. The third-order valence-electron chi connectivity index (χ3n) is 10.9. The first-order valence-corrected chi connectivity index (χ1v) is 18.1. The first kappa shape index (κ1) is 32.4. The number of nitriles is 1. The SMILES string of the molecule is Cc1nc2cnc(N(C)C3CCN(C4CC5(CC5)C4)CC3)c(C#N)c2c(=O)n1CC#Cc1ccc(Cl)cc1-c1ccnc2c(C(=O)O)csc12. The van der Waals surface area contributed by atoms with Crippen molar-refractivity contribution < 1.29 is 9.90 Å². The highest BCUT2D eigenvalue weighted by Gasteiger charge is 2.54. The molecule has 1 saturated heterocycles. The summed E-state index contributed by atoms with van der Waals surface area (Å²) in [5.74, 6) is 6.26. The molecule has 1 N–H and O–H groups in total. The quantitative estimate of drug-likeness (QED) is 0.197. The smallest absolute Gasteiger partial charge is 0.338 e. The van der Waals surface area contributed by atoms with E-state index in [0.29, 0.717) is 38.7 Å². The fourth-order valence-corrected chi connectivity index (χ4v) is 9.02. The minimum Gasteiger partial charge on any atom is -0.478 e. The van der Waals surface area contributed by atoms with Gasteiger partial charge in [0.25, 0.3) is 5.56 Å². The van der Waals surface area contributed by atoms with Crippen molar-refractivity contribution >= 4 is 55.8 Å². The summed E-state index contributed by atoms with van der Waals surface area (Å²) in [6.07, 6.45) is 10.7. The predicted octanol–water partition coefficient (Wildman–Crippen LogP) is 6.49. The Hall–Kier alpha value is -4.81. The van der Waals surface area contributed by atoms with E-state index in [-0.39, 0.29) is 34.7 Å². The van der Waals surface area contributed by atoms with Gasteiger partial charge in [-0.3, -0.25) is 14.3 Å². The molecule has 0 radical (unpaired) electrons. The van der Waals surface area contributed by atoms with E-state index >= 15 is 0 Å². The Morgan fingerprint density at radius 1 is 1.18 bits per heavy atom. The molecule has 0 unspecified atom stereocenters. The number of anilines is 1. The minimum absolute atomic E-state index is 0.0445. The van der Waals surface area contributed by atoms with Crippen LogP contribution in [0.5, 0.6) is 0 Å². The number of hydrogen-bond acceptors (Lipinski definition) is 9. The zero-order chi connectivity index (χ0) is 34.7. The Morgan fingerprint density at radius 2 is 1.96 bits per heavy atom.